The third-order valence-corrected chi connectivity index (χ3v) is 2.62. The molecule has 1 heterocycles. The Bertz CT molecular complexity index is 530. The maximum absolute atomic E-state index is 13.3. The second-order valence-corrected chi connectivity index (χ2v) is 3.74. The Morgan fingerprint density at radius 1 is 1.28 bits per heavy atom. The standard InChI is InChI=1S/C13H15FN4/c1-3-18(11-6-4-5-10(14)7-11)13-8-12(15-2)16-9-17-13/h4-9H,3H2,1-2H3,(H,15,16,17). The number of halogens is 1. The number of rotatable bonds is 4. The van der Waals surface area contributed by atoms with E-state index in [1.807, 2.05) is 24.0 Å². The van der Waals surface area contributed by atoms with Crippen LogP contribution in [0.3, 0.4) is 0 Å². The summed E-state index contributed by atoms with van der Waals surface area (Å²) in [6.45, 7) is 2.69. The van der Waals surface area contributed by atoms with Crippen LogP contribution >= 0.6 is 0 Å². The predicted octanol–water partition coefficient (Wildman–Crippen LogP) is 2.82. The molecule has 0 amide bonds. The highest BCUT2D eigenvalue weighted by Gasteiger charge is 2.10. The van der Waals surface area contributed by atoms with E-state index >= 15 is 0 Å². The molecule has 0 atom stereocenters. The fraction of sp³-hybridized carbons (Fsp3) is 0.231. The molecule has 0 bridgehead atoms. The van der Waals surface area contributed by atoms with Crippen LogP contribution in [-0.2, 0) is 0 Å². The fourth-order valence-electron chi connectivity index (χ4n) is 1.75. The van der Waals surface area contributed by atoms with Gasteiger partial charge in [0.2, 0.25) is 0 Å². The van der Waals surface area contributed by atoms with Gasteiger partial charge in [-0.15, -0.1) is 0 Å². The summed E-state index contributed by atoms with van der Waals surface area (Å²) in [4.78, 5) is 10.2. The molecule has 0 fully saturated rings. The van der Waals surface area contributed by atoms with Gasteiger partial charge in [-0.3, -0.25) is 0 Å². The number of hydrogen-bond acceptors (Lipinski definition) is 4. The predicted molar refractivity (Wildman–Crippen MR) is 70.7 cm³/mol. The quantitative estimate of drug-likeness (QED) is 0.900. The maximum Gasteiger partial charge on any atom is 0.138 e. The van der Waals surface area contributed by atoms with Gasteiger partial charge in [0.1, 0.15) is 23.8 Å². The molecule has 0 radical (unpaired) electrons. The van der Waals surface area contributed by atoms with Crippen molar-refractivity contribution in [3.63, 3.8) is 0 Å². The van der Waals surface area contributed by atoms with Gasteiger partial charge in [-0.25, -0.2) is 14.4 Å². The summed E-state index contributed by atoms with van der Waals surface area (Å²) in [5.74, 6) is 1.21. The van der Waals surface area contributed by atoms with Crippen molar-refractivity contribution < 1.29 is 4.39 Å². The number of nitrogens with one attached hydrogen (secondary N) is 1. The first-order chi connectivity index (χ1) is 8.74. The minimum absolute atomic E-state index is 0.256. The van der Waals surface area contributed by atoms with Crippen LogP contribution in [0.4, 0.5) is 21.7 Å². The third-order valence-electron chi connectivity index (χ3n) is 2.62. The van der Waals surface area contributed by atoms with Crippen LogP contribution in [0.2, 0.25) is 0 Å². The second kappa shape index (κ2) is 5.44. The molecule has 1 aromatic heterocycles. The molecule has 2 aromatic rings. The van der Waals surface area contributed by atoms with Gasteiger partial charge in [-0.2, -0.15) is 0 Å². The number of anilines is 3. The summed E-state index contributed by atoms with van der Waals surface area (Å²) in [5, 5.41) is 2.96. The summed E-state index contributed by atoms with van der Waals surface area (Å²) >= 11 is 0. The normalized spacial score (nSPS) is 10.2. The number of aromatic nitrogens is 2. The SMILES string of the molecule is CCN(c1cccc(F)c1)c1cc(NC)ncn1. The van der Waals surface area contributed by atoms with E-state index in [4.69, 9.17) is 0 Å². The zero-order valence-corrected chi connectivity index (χ0v) is 10.4. The third kappa shape index (κ3) is 2.56. The van der Waals surface area contributed by atoms with Gasteiger partial charge in [0.15, 0.2) is 0 Å². The molecule has 4 nitrogen and oxygen atoms in total. The molecular formula is C13H15FN4. The Kier molecular flexibility index (Phi) is 3.72. The highest BCUT2D eigenvalue weighted by atomic mass is 19.1. The first-order valence-electron chi connectivity index (χ1n) is 5.77. The molecule has 0 aliphatic carbocycles. The van der Waals surface area contributed by atoms with Crippen molar-refractivity contribution in [2.24, 2.45) is 0 Å². The Hall–Kier alpha value is -2.17. The molecule has 94 valence electrons. The van der Waals surface area contributed by atoms with Crippen molar-refractivity contribution in [2.45, 2.75) is 6.92 Å². The number of hydrogen-bond donors (Lipinski definition) is 1. The first-order valence-corrected chi connectivity index (χ1v) is 5.77. The van der Waals surface area contributed by atoms with Crippen LogP contribution in [0.1, 0.15) is 6.92 Å². The van der Waals surface area contributed by atoms with E-state index in [-0.39, 0.29) is 5.82 Å². The van der Waals surface area contributed by atoms with Crippen LogP contribution in [0, 0.1) is 5.82 Å². The lowest BCUT2D eigenvalue weighted by Gasteiger charge is -2.22. The lowest BCUT2D eigenvalue weighted by atomic mass is 10.2. The van der Waals surface area contributed by atoms with Gasteiger partial charge in [0.05, 0.1) is 0 Å². The Morgan fingerprint density at radius 2 is 2.11 bits per heavy atom. The van der Waals surface area contributed by atoms with Gasteiger partial charge >= 0.3 is 0 Å². The zero-order chi connectivity index (χ0) is 13.0. The fourth-order valence-corrected chi connectivity index (χ4v) is 1.75. The summed E-state index contributed by atoms with van der Waals surface area (Å²) in [5.41, 5.74) is 0.776. The second-order valence-electron chi connectivity index (χ2n) is 3.74. The molecule has 2 rings (SSSR count). The molecule has 5 heteroatoms. The van der Waals surface area contributed by atoms with E-state index in [1.165, 1.54) is 18.5 Å². The molecule has 0 spiro atoms. The van der Waals surface area contributed by atoms with Crippen molar-refractivity contribution in [3.05, 3.63) is 42.5 Å². The summed E-state index contributed by atoms with van der Waals surface area (Å²) in [6.07, 6.45) is 1.49. The Labute approximate surface area is 105 Å². The minimum Gasteiger partial charge on any atom is -0.373 e. The molecule has 0 unspecified atom stereocenters. The van der Waals surface area contributed by atoms with Crippen LogP contribution in [0.5, 0.6) is 0 Å². The van der Waals surface area contributed by atoms with E-state index < -0.39 is 0 Å². The molecule has 1 aromatic carbocycles. The van der Waals surface area contributed by atoms with Gasteiger partial charge in [-0.05, 0) is 25.1 Å². The van der Waals surface area contributed by atoms with Gasteiger partial charge < -0.3 is 10.2 Å². The van der Waals surface area contributed by atoms with Gasteiger partial charge in [0, 0.05) is 25.3 Å². The largest absolute Gasteiger partial charge is 0.373 e. The zero-order valence-electron chi connectivity index (χ0n) is 10.4. The van der Waals surface area contributed by atoms with Crippen LogP contribution in [-0.4, -0.2) is 23.6 Å². The van der Waals surface area contributed by atoms with Crippen molar-refractivity contribution in [1.29, 1.82) is 0 Å². The molecule has 18 heavy (non-hydrogen) atoms. The topological polar surface area (TPSA) is 41.0 Å². The molecule has 0 saturated heterocycles. The van der Waals surface area contributed by atoms with Crippen molar-refractivity contribution in [2.75, 3.05) is 23.8 Å². The van der Waals surface area contributed by atoms with E-state index in [1.54, 1.807) is 13.1 Å². The van der Waals surface area contributed by atoms with Gasteiger partial charge in [-0.1, -0.05) is 6.07 Å². The first kappa shape index (κ1) is 12.3. The van der Waals surface area contributed by atoms with Crippen LogP contribution in [0.25, 0.3) is 0 Å². The van der Waals surface area contributed by atoms with E-state index in [0.29, 0.717) is 6.54 Å². The molecule has 0 saturated carbocycles. The summed E-state index contributed by atoms with van der Waals surface area (Å²) < 4.78 is 13.3. The van der Waals surface area contributed by atoms with Crippen LogP contribution in [0.15, 0.2) is 36.7 Å². The Morgan fingerprint density at radius 3 is 2.78 bits per heavy atom. The maximum atomic E-state index is 13.3. The minimum atomic E-state index is -0.256. The molecule has 1 N–H and O–H groups in total. The smallest absolute Gasteiger partial charge is 0.138 e. The summed E-state index contributed by atoms with van der Waals surface area (Å²) in [6, 6.07) is 8.29. The monoisotopic (exact) mass is 246 g/mol. The lowest BCUT2D eigenvalue weighted by molar-refractivity contribution is 0.627. The van der Waals surface area contributed by atoms with Gasteiger partial charge in [0.25, 0.3) is 0 Å². The summed E-state index contributed by atoms with van der Waals surface area (Å²) in [7, 11) is 1.80. The van der Waals surface area contributed by atoms with Crippen molar-refractivity contribution in [3.8, 4) is 0 Å². The van der Waals surface area contributed by atoms with E-state index in [0.717, 1.165) is 17.3 Å². The number of nitrogens with zero attached hydrogens (tertiary/aromatic N) is 3. The Balaban J connectivity index is 2.38. The van der Waals surface area contributed by atoms with Crippen LogP contribution < -0.4 is 10.2 Å². The lowest BCUT2D eigenvalue weighted by Crippen LogP contribution is -2.17. The average Bonchev–Trinajstić information content (AvgIpc) is 2.40. The highest BCUT2D eigenvalue weighted by Crippen LogP contribution is 2.24. The molecule has 0 aliphatic heterocycles. The molecule has 0 aliphatic rings. The number of benzene rings is 1. The van der Waals surface area contributed by atoms with E-state index in [9.17, 15) is 4.39 Å². The van der Waals surface area contributed by atoms with Crippen molar-refractivity contribution in [1.82, 2.24) is 9.97 Å². The highest BCUT2D eigenvalue weighted by molar-refractivity contribution is 5.62. The average molecular weight is 246 g/mol. The van der Waals surface area contributed by atoms with Crippen molar-refractivity contribution >= 4 is 17.3 Å². The molecular weight excluding hydrogens is 231 g/mol. The van der Waals surface area contributed by atoms with E-state index in [2.05, 4.69) is 15.3 Å².